The fraction of sp³-hybridized carbons (Fsp3) is 0.261. The number of rotatable bonds is 8. The molecule has 4 rings (SSSR count). The van der Waals surface area contributed by atoms with Crippen LogP contribution >= 0.6 is 0 Å². The molecule has 1 aliphatic heterocycles. The van der Waals surface area contributed by atoms with Crippen LogP contribution in [-0.4, -0.2) is 35.4 Å². The van der Waals surface area contributed by atoms with Crippen LogP contribution in [0.2, 0.25) is 0 Å². The second-order valence-electron chi connectivity index (χ2n) is 7.34. The van der Waals surface area contributed by atoms with Crippen LogP contribution in [0.25, 0.3) is 0 Å². The molecule has 2 aromatic carbocycles. The van der Waals surface area contributed by atoms with Gasteiger partial charge >= 0.3 is 0 Å². The van der Waals surface area contributed by atoms with Crippen LogP contribution in [0.1, 0.15) is 35.0 Å². The first-order valence-corrected chi connectivity index (χ1v) is 10.2. The zero-order valence-electron chi connectivity index (χ0n) is 16.9. The van der Waals surface area contributed by atoms with Crippen LogP contribution in [0.4, 0.5) is 5.69 Å². The molecule has 0 radical (unpaired) electrons. The summed E-state index contributed by atoms with van der Waals surface area (Å²) in [4.78, 5) is 26.1. The summed E-state index contributed by atoms with van der Waals surface area (Å²) in [5, 5.41) is 14.2. The number of nitro benzene ring substituents is 1. The number of likely N-dealkylation sites (tertiary alicyclic amines) is 1. The molecule has 1 unspecified atom stereocenters. The van der Waals surface area contributed by atoms with Crippen LogP contribution in [0.5, 0.6) is 11.5 Å². The van der Waals surface area contributed by atoms with E-state index in [1.165, 1.54) is 18.2 Å². The molecular formula is C23H23N3O5. The number of nitro groups is 1. The number of para-hydroxylation sites is 1. The number of non-ortho nitro benzene ring substituents is 1. The fourth-order valence-electron chi connectivity index (χ4n) is 3.74. The van der Waals surface area contributed by atoms with Gasteiger partial charge in [-0.1, -0.05) is 18.2 Å². The minimum Gasteiger partial charge on any atom is -0.468 e. The van der Waals surface area contributed by atoms with Crippen molar-refractivity contribution in [3.63, 3.8) is 0 Å². The molecule has 2 heterocycles. The van der Waals surface area contributed by atoms with Crippen molar-refractivity contribution < 1.29 is 18.9 Å². The summed E-state index contributed by atoms with van der Waals surface area (Å²) >= 11 is 0. The predicted molar refractivity (Wildman–Crippen MR) is 114 cm³/mol. The van der Waals surface area contributed by atoms with E-state index in [0.717, 1.165) is 31.7 Å². The minimum atomic E-state index is -0.529. The number of hydrogen-bond donors (Lipinski definition) is 1. The lowest BCUT2D eigenvalue weighted by Gasteiger charge is -2.26. The second-order valence-corrected chi connectivity index (χ2v) is 7.34. The van der Waals surface area contributed by atoms with Gasteiger partial charge in [-0.2, -0.15) is 0 Å². The van der Waals surface area contributed by atoms with E-state index in [9.17, 15) is 14.9 Å². The van der Waals surface area contributed by atoms with Crippen molar-refractivity contribution in [2.75, 3.05) is 19.6 Å². The molecule has 160 valence electrons. The Kier molecular flexibility index (Phi) is 6.28. The Labute approximate surface area is 179 Å². The van der Waals surface area contributed by atoms with Crippen molar-refractivity contribution in [1.82, 2.24) is 10.2 Å². The molecule has 1 fully saturated rings. The summed E-state index contributed by atoms with van der Waals surface area (Å²) in [5.41, 5.74) is -0.0645. The number of ether oxygens (including phenoxy) is 1. The van der Waals surface area contributed by atoms with Gasteiger partial charge in [-0.3, -0.25) is 19.8 Å². The van der Waals surface area contributed by atoms with E-state index in [1.807, 2.05) is 30.3 Å². The van der Waals surface area contributed by atoms with E-state index in [4.69, 9.17) is 9.15 Å². The Balaban J connectivity index is 1.55. The summed E-state index contributed by atoms with van der Waals surface area (Å²) in [6.45, 7) is 2.18. The normalized spacial score (nSPS) is 14.8. The van der Waals surface area contributed by atoms with Crippen molar-refractivity contribution in [2.45, 2.75) is 18.9 Å². The van der Waals surface area contributed by atoms with Gasteiger partial charge in [-0.05, 0) is 56.3 Å². The van der Waals surface area contributed by atoms with Crippen molar-refractivity contribution in [2.24, 2.45) is 0 Å². The Morgan fingerprint density at radius 3 is 2.58 bits per heavy atom. The highest BCUT2D eigenvalue weighted by molar-refractivity contribution is 5.97. The first-order valence-electron chi connectivity index (χ1n) is 10.2. The molecule has 1 N–H and O–H groups in total. The summed E-state index contributed by atoms with van der Waals surface area (Å²) < 4.78 is 11.4. The number of carbonyl (C=O) groups is 1. The average Bonchev–Trinajstić information content (AvgIpc) is 3.50. The van der Waals surface area contributed by atoms with Crippen LogP contribution in [0, 0.1) is 10.1 Å². The van der Waals surface area contributed by atoms with Gasteiger partial charge in [-0.25, -0.2) is 0 Å². The molecular weight excluding hydrogens is 398 g/mol. The monoisotopic (exact) mass is 421 g/mol. The van der Waals surface area contributed by atoms with Gasteiger partial charge in [0, 0.05) is 18.7 Å². The molecule has 1 amide bonds. The molecule has 1 atom stereocenters. The molecule has 0 bridgehead atoms. The lowest BCUT2D eigenvalue weighted by Crippen LogP contribution is -2.36. The molecule has 1 saturated heterocycles. The number of nitrogens with zero attached hydrogens (tertiary/aromatic N) is 2. The van der Waals surface area contributed by atoms with E-state index < -0.39 is 10.8 Å². The summed E-state index contributed by atoms with van der Waals surface area (Å²) in [5.74, 6) is 1.13. The molecule has 0 saturated carbocycles. The zero-order chi connectivity index (χ0) is 21.6. The first kappa shape index (κ1) is 20.6. The number of amides is 1. The maximum Gasteiger partial charge on any atom is 0.270 e. The molecule has 1 aromatic heterocycles. The molecule has 0 aliphatic carbocycles. The molecule has 1 aliphatic rings. The van der Waals surface area contributed by atoms with Crippen LogP contribution < -0.4 is 10.1 Å². The number of hydrogen-bond acceptors (Lipinski definition) is 6. The maximum absolute atomic E-state index is 13.1. The Bertz CT molecular complexity index is 1030. The lowest BCUT2D eigenvalue weighted by molar-refractivity contribution is -0.384. The van der Waals surface area contributed by atoms with Crippen LogP contribution in [-0.2, 0) is 0 Å². The molecule has 0 spiro atoms. The van der Waals surface area contributed by atoms with Crippen molar-refractivity contribution in [1.29, 1.82) is 0 Å². The maximum atomic E-state index is 13.1. The van der Waals surface area contributed by atoms with E-state index in [2.05, 4.69) is 10.2 Å². The van der Waals surface area contributed by atoms with Gasteiger partial charge < -0.3 is 14.5 Å². The van der Waals surface area contributed by atoms with Crippen molar-refractivity contribution in [3.8, 4) is 11.5 Å². The third-order valence-corrected chi connectivity index (χ3v) is 5.30. The molecule has 3 aromatic rings. The smallest absolute Gasteiger partial charge is 0.270 e. The third kappa shape index (κ3) is 4.92. The number of benzene rings is 2. The Hall–Kier alpha value is -3.65. The van der Waals surface area contributed by atoms with E-state index in [1.54, 1.807) is 18.4 Å². The van der Waals surface area contributed by atoms with Gasteiger partial charge in [0.15, 0.2) is 0 Å². The van der Waals surface area contributed by atoms with Crippen molar-refractivity contribution >= 4 is 11.6 Å². The van der Waals surface area contributed by atoms with Gasteiger partial charge in [0.2, 0.25) is 0 Å². The number of furan rings is 1. The average molecular weight is 421 g/mol. The van der Waals surface area contributed by atoms with Gasteiger partial charge in [0.25, 0.3) is 11.6 Å². The highest BCUT2D eigenvalue weighted by Gasteiger charge is 2.27. The van der Waals surface area contributed by atoms with E-state index in [0.29, 0.717) is 12.3 Å². The molecule has 8 heteroatoms. The lowest BCUT2D eigenvalue weighted by atomic mass is 10.1. The Morgan fingerprint density at radius 1 is 1.13 bits per heavy atom. The zero-order valence-corrected chi connectivity index (χ0v) is 16.9. The van der Waals surface area contributed by atoms with Gasteiger partial charge in [-0.15, -0.1) is 0 Å². The quantitative estimate of drug-likeness (QED) is 0.423. The highest BCUT2D eigenvalue weighted by Crippen LogP contribution is 2.29. The SMILES string of the molecule is O=C(NCC(c1ccco1)N1CCCC1)c1cc([N+](=O)[O-])ccc1Oc1ccccc1. The summed E-state index contributed by atoms with van der Waals surface area (Å²) in [6.07, 6.45) is 3.82. The van der Waals surface area contributed by atoms with Crippen molar-refractivity contribution in [3.05, 3.63) is 88.4 Å². The third-order valence-electron chi connectivity index (χ3n) is 5.30. The van der Waals surface area contributed by atoms with E-state index in [-0.39, 0.29) is 23.0 Å². The van der Waals surface area contributed by atoms with Crippen LogP contribution in [0.3, 0.4) is 0 Å². The highest BCUT2D eigenvalue weighted by atomic mass is 16.6. The number of nitrogens with one attached hydrogen (secondary N) is 1. The molecule has 31 heavy (non-hydrogen) atoms. The van der Waals surface area contributed by atoms with E-state index >= 15 is 0 Å². The van der Waals surface area contributed by atoms with Crippen LogP contribution in [0.15, 0.2) is 71.3 Å². The Morgan fingerprint density at radius 2 is 1.90 bits per heavy atom. The standard InChI is InChI=1S/C23H23N3O5/c27-23(24-16-20(22-9-6-14-30-22)25-12-4-5-13-25)19-15-17(26(28)29)10-11-21(19)31-18-7-2-1-3-8-18/h1-3,6-11,14-15,20H,4-5,12-13,16H2,(H,24,27). The topological polar surface area (TPSA) is 97.9 Å². The summed E-state index contributed by atoms with van der Waals surface area (Å²) in [6, 6.07) is 16.6. The van der Waals surface area contributed by atoms with Gasteiger partial charge in [0.1, 0.15) is 17.3 Å². The first-order chi connectivity index (χ1) is 15.1. The largest absolute Gasteiger partial charge is 0.468 e. The van der Waals surface area contributed by atoms with Gasteiger partial charge in [0.05, 0.1) is 22.8 Å². The summed E-state index contributed by atoms with van der Waals surface area (Å²) in [7, 11) is 0. The molecule has 8 nitrogen and oxygen atoms in total. The predicted octanol–water partition coefficient (Wildman–Crippen LogP) is 4.55. The number of carbonyl (C=O) groups excluding carboxylic acids is 1. The second kappa shape index (κ2) is 9.44. The fourth-order valence-corrected chi connectivity index (χ4v) is 3.74. The minimum absolute atomic E-state index is 0.0985.